The molecule has 0 aliphatic rings. The molecule has 0 bridgehead atoms. The van der Waals surface area contributed by atoms with Crippen LogP contribution in [0.5, 0.6) is 0 Å². The Labute approximate surface area is 104 Å². The molecule has 2 atom stereocenters. The predicted octanol–water partition coefficient (Wildman–Crippen LogP) is 1.85. The molecular formula is C13H25N3O. The van der Waals surface area contributed by atoms with Crippen molar-refractivity contribution in [3.05, 3.63) is 17.0 Å². The van der Waals surface area contributed by atoms with Gasteiger partial charge >= 0.3 is 0 Å². The number of nitrogens with one attached hydrogen (secondary N) is 1. The third kappa shape index (κ3) is 3.54. The fourth-order valence-corrected chi connectivity index (χ4v) is 2.19. The molecule has 98 valence electrons. The summed E-state index contributed by atoms with van der Waals surface area (Å²) in [6, 6.07) is 0.285. The van der Waals surface area contributed by atoms with E-state index in [0.717, 1.165) is 25.1 Å². The van der Waals surface area contributed by atoms with Crippen LogP contribution in [0.15, 0.2) is 0 Å². The molecule has 1 rings (SSSR count). The first kappa shape index (κ1) is 14.2. The van der Waals surface area contributed by atoms with Crippen LogP contribution in [0.25, 0.3) is 0 Å². The Kier molecular flexibility index (Phi) is 5.15. The summed E-state index contributed by atoms with van der Waals surface area (Å²) < 4.78 is 1.92. The summed E-state index contributed by atoms with van der Waals surface area (Å²) in [6.07, 6.45) is 1.44. The van der Waals surface area contributed by atoms with Gasteiger partial charge in [0.2, 0.25) is 0 Å². The number of aliphatic hydroxyl groups excluding tert-OH is 1. The van der Waals surface area contributed by atoms with E-state index in [1.54, 1.807) is 0 Å². The Hall–Kier alpha value is -0.870. The smallest absolute Gasteiger partial charge is 0.0644 e. The first-order valence-corrected chi connectivity index (χ1v) is 6.38. The van der Waals surface area contributed by atoms with Crippen LogP contribution in [-0.2, 0) is 7.05 Å². The second-order valence-electron chi connectivity index (χ2n) is 4.73. The van der Waals surface area contributed by atoms with E-state index < -0.39 is 0 Å². The Bertz CT molecular complexity index is 360. The summed E-state index contributed by atoms with van der Waals surface area (Å²) in [5.41, 5.74) is 3.57. The molecule has 0 fully saturated rings. The van der Waals surface area contributed by atoms with Crippen molar-refractivity contribution in [1.29, 1.82) is 0 Å². The predicted molar refractivity (Wildman–Crippen MR) is 70.0 cm³/mol. The van der Waals surface area contributed by atoms with Gasteiger partial charge in [0.05, 0.1) is 11.8 Å². The molecule has 0 saturated carbocycles. The second-order valence-corrected chi connectivity index (χ2v) is 4.73. The van der Waals surface area contributed by atoms with E-state index in [1.165, 1.54) is 11.3 Å². The van der Waals surface area contributed by atoms with Gasteiger partial charge in [-0.15, -0.1) is 0 Å². The number of aliphatic hydroxyl groups is 1. The Morgan fingerprint density at radius 3 is 2.53 bits per heavy atom. The third-order valence-corrected chi connectivity index (χ3v) is 3.40. The van der Waals surface area contributed by atoms with Crippen molar-refractivity contribution in [2.24, 2.45) is 7.05 Å². The summed E-state index contributed by atoms with van der Waals surface area (Å²) in [5.74, 6) is 0. The van der Waals surface area contributed by atoms with Gasteiger partial charge in [-0.05, 0) is 40.2 Å². The molecule has 4 heteroatoms. The van der Waals surface area contributed by atoms with Crippen molar-refractivity contribution in [2.75, 3.05) is 6.54 Å². The highest BCUT2D eigenvalue weighted by atomic mass is 16.3. The molecular weight excluding hydrogens is 214 g/mol. The molecule has 0 saturated heterocycles. The summed E-state index contributed by atoms with van der Waals surface area (Å²) in [6.45, 7) is 9.12. The molecule has 0 aliphatic carbocycles. The van der Waals surface area contributed by atoms with E-state index >= 15 is 0 Å². The first-order chi connectivity index (χ1) is 7.97. The van der Waals surface area contributed by atoms with Crippen LogP contribution in [0.2, 0.25) is 0 Å². The topological polar surface area (TPSA) is 50.1 Å². The van der Waals surface area contributed by atoms with Crippen LogP contribution in [-0.4, -0.2) is 27.5 Å². The van der Waals surface area contributed by atoms with Crippen molar-refractivity contribution in [2.45, 2.75) is 52.7 Å². The van der Waals surface area contributed by atoms with Gasteiger partial charge in [0.25, 0.3) is 0 Å². The monoisotopic (exact) mass is 239 g/mol. The second kappa shape index (κ2) is 6.17. The maximum absolute atomic E-state index is 9.50. The zero-order valence-corrected chi connectivity index (χ0v) is 11.6. The van der Waals surface area contributed by atoms with Gasteiger partial charge in [-0.25, -0.2) is 0 Å². The van der Waals surface area contributed by atoms with Crippen LogP contribution in [0, 0.1) is 13.8 Å². The highest BCUT2D eigenvalue weighted by molar-refractivity contribution is 5.27. The summed E-state index contributed by atoms with van der Waals surface area (Å²) in [4.78, 5) is 0. The van der Waals surface area contributed by atoms with Gasteiger partial charge < -0.3 is 10.4 Å². The van der Waals surface area contributed by atoms with Gasteiger partial charge in [0, 0.05) is 24.3 Å². The zero-order valence-electron chi connectivity index (χ0n) is 11.6. The highest BCUT2D eigenvalue weighted by Crippen LogP contribution is 2.20. The van der Waals surface area contributed by atoms with Crippen LogP contribution >= 0.6 is 0 Å². The number of aromatic nitrogens is 2. The van der Waals surface area contributed by atoms with Crippen LogP contribution in [0.3, 0.4) is 0 Å². The zero-order chi connectivity index (χ0) is 13.0. The fraction of sp³-hybridized carbons (Fsp3) is 0.769. The van der Waals surface area contributed by atoms with E-state index in [0.29, 0.717) is 0 Å². The van der Waals surface area contributed by atoms with Gasteiger partial charge in [-0.3, -0.25) is 4.68 Å². The number of hydrogen-bond donors (Lipinski definition) is 2. The molecule has 2 unspecified atom stereocenters. The average molecular weight is 239 g/mol. The highest BCUT2D eigenvalue weighted by Gasteiger charge is 2.15. The van der Waals surface area contributed by atoms with Gasteiger partial charge in [-0.1, -0.05) is 6.92 Å². The average Bonchev–Trinajstić information content (AvgIpc) is 2.52. The SMILES string of the molecule is CCC(O)CCNC(C)c1c(C)nn(C)c1C. The molecule has 1 heterocycles. The maximum atomic E-state index is 9.50. The number of aryl methyl sites for hydroxylation is 2. The van der Waals surface area contributed by atoms with E-state index in [1.807, 2.05) is 25.6 Å². The normalized spacial score (nSPS) is 14.9. The van der Waals surface area contributed by atoms with Crippen molar-refractivity contribution in [3.8, 4) is 0 Å². The van der Waals surface area contributed by atoms with Gasteiger partial charge in [0.1, 0.15) is 0 Å². The minimum absolute atomic E-state index is 0.189. The lowest BCUT2D eigenvalue weighted by molar-refractivity contribution is 0.159. The standard InChI is InChI=1S/C13H25N3O/c1-6-12(17)7-8-14-9(2)13-10(3)15-16(5)11(13)4/h9,12,14,17H,6-8H2,1-5H3. The van der Waals surface area contributed by atoms with Gasteiger partial charge in [0.15, 0.2) is 0 Å². The lowest BCUT2D eigenvalue weighted by Gasteiger charge is -2.16. The number of nitrogens with zero attached hydrogens (tertiary/aromatic N) is 2. The number of hydrogen-bond acceptors (Lipinski definition) is 3. The van der Waals surface area contributed by atoms with E-state index in [2.05, 4.69) is 24.3 Å². The molecule has 17 heavy (non-hydrogen) atoms. The van der Waals surface area contributed by atoms with E-state index in [9.17, 15) is 5.11 Å². The first-order valence-electron chi connectivity index (χ1n) is 6.38. The quantitative estimate of drug-likeness (QED) is 0.796. The third-order valence-electron chi connectivity index (χ3n) is 3.40. The van der Waals surface area contributed by atoms with Crippen molar-refractivity contribution in [1.82, 2.24) is 15.1 Å². The summed E-state index contributed by atoms with van der Waals surface area (Å²) in [7, 11) is 1.97. The van der Waals surface area contributed by atoms with Gasteiger partial charge in [-0.2, -0.15) is 5.10 Å². The lowest BCUT2D eigenvalue weighted by Crippen LogP contribution is -2.24. The lowest BCUT2D eigenvalue weighted by atomic mass is 10.1. The molecule has 0 amide bonds. The Morgan fingerprint density at radius 2 is 2.06 bits per heavy atom. The molecule has 4 nitrogen and oxygen atoms in total. The van der Waals surface area contributed by atoms with E-state index in [4.69, 9.17) is 0 Å². The molecule has 0 aliphatic heterocycles. The summed E-state index contributed by atoms with van der Waals surface area (Å²) in [5, 5.41) is 17.4. The number of rotatable bonds is 6. The molecule has 0 spiro atoms. The molecule has 1 aromatic rings. The molecule has 1 aromatic heterocycles. The van der Waals surface area contributed by atoms with Crippen LogP contribution in [0.1, 0.15) is 49.7 Å². The maximum Gasteiger partial charge on any atom is 0.0644 e. The largest absolute Gasteiger partial charge is 0.393 e. The molecule has 0 radical (unpaired) electrons. The minimum atomic E-state index is -0.189. The van der Waals surface area contributed by atoms with E-state index in [-0.39, 0.29) is 12.1 Å². The molecule has 2 N–H and O–H groups in total. The minimum Gasteiger partial charge on any atom is -0.393 e. The van der Waals surface area contributed by atoms with Crippen molar-refractivity contribution < 1.29 is 5.11 Å². The Morgan fingerprint density at radius 1 is 1.41 bits per heavy atom. The van der Waals surface area contributed by atoms with Crippen molar-refractivity contribution >= 4 is 0 Å². The van der Waals surface area contributed by atoms with Crippen molar-refractivity contribution in [3.63, 3.8) is 0 Å². The molecule has 0 aromatic carbocycles. The summed E-state index contributed by atoms with van der Waals surface area (Å²) >= 11 is 0. The van der Waals surface area contributed by atoms with Crippen LogP contribution < -0.4 is 5.32 Å². The fourth-order valence-electron chi connectivity index (χ4n) is 2.19. The Balaban J connectivity index is 2.55. The van der Waals surface area contributed by atoms with Crippen LogP contribution in [0.4, 0.5) is 0 Å².